The molecule has 20 heavy (non-hydrogen) atoms. The molecule has 1 aromatic rings. The normalized spacial score (nSPS) is 18.1. The average molecular weight is 386 g/mol. The summed E-state index contributed by atoms with van der Waals surface area (Å²) in [4.78, 5) is 5.17. The van der Waals surface area contributed by atoms with Gasteiger partial charge in [-0.15, -0.1) is 0 Å². The van der Waals surface area contributed by atoms with Gasteiger partial charge in [0.1, 0.15) is 0 Å². The Labute approximate surface area is 137 Å². The van der Waals surface area contributed by atoms with Crippen molar-refractivity contribution >= 4 is 22.6 Å². The minimum Gasteiger partial charge on any atom is -0.302 e. The van der Waals surface area contributed by atoms with Crippen LogP contribution >= 0.6 is 22.6 Å². The number of benzene rings is 1. The number of hydrogen-bond donors (Lipinski definition) is 0. The number of likely N-dealkylation sites (tertiary alicyclic amines) is 1. The molecule has 0 unspecified atom stereocenters. The molecule has 0 amide bonds. The summed E-state index contributed by atoms with van der Waals surface area (Å²) >= 11 is 2.37. The fourth-order valence-electron chi connectivity index (χ4n) is 3.08. The van der Waals surface area contributed by atoms with Crippen LogP contribution in [0.1, 0.15) is 32.3 Å². The molecule has 1 heterocycles. The van der Waals surface area contributed by atoms with Crippen molar-refractivity contribution < 1.29 is 0 Å². The zero-order valence-corrected chi connectivity index (χ0v) is 15.1. The molecule has 1 aromatic carbocycles. The Morgan fingerprint density at radius 3 is 2.30 bits per heavy atom. The van der Waals surface area contributed by atoms with Crippen LogP contribution in [0.3, 0.4) is 0 Å². The van der Waals surface area contributed by atoms with E-state index in [1.807, 2.05) is 0 Å². The van der Waals surface area contributed by atoms with Gasteiger partial charge in [-0.25, -0.2) is 0 Å². The topological polar surface area (TPSA) is 6.48 Å². The lowest BCUT2D eigenvalue weighted by molar-refractivity contribution is 0.136. The van der Waals surface area contributed by atoms with Gasteiger partial charge < -0.3 is 4.90 Å². The summed E-state index contributed by atoms with van der Waals surface area (Å²) in [6, 6.07) is 9.56. The van der Waals surface area contributed by atoms with Gasteiger partial charge in [-0.1, -0.05) is 26.0 Å². The summed E-state index contributed by atoms with van der Waals surface area (Å²) < 4.78 is 1.31. The van der Waals surface area contributed by atoms with E-state index in [2.05, 4.69) is 77.6 Å². The van der Waals surface area contributed by atoms with Gasteiger partial charge in [-0.05, 0) is 79.2 Å². The fourth-order valence-corrected chi connectivity index (χ4v) is 3.44. The number of rotatable bonds is 6. The Morgan fingerprint density at radius 2 is 1.75 bits per heavy atom. The van der Waals surface area contributed by atoms with Gasteiger partial charge >= 0.3 is 0 Å². The monoisotopic (exact) mass is 386 g/mol. The van der Waals surface area contributed by atoms with Gasteiger partial charge in [0.25, 0.3) is 0 Å². The lowest BCUT2D eigenvalue weighted by Crippen LogP contribution is -2.44. The maximum absolute atomic E-state index is 2.63. The molecular weight excluding hydrogens is 359 g/mol. The largest absolute Gasteiger partial charge is 0.302 e. The molecule has 2 nitrogen and oxygen atoms in total. The van der Waals surface area contributed by atoms with Crippen LogP contribution in [0.2, 0.25) is 0 Å². The molecule has 1 aliphatic rings. The zero-order chi connectivity index (χ0) is 14.5. The molecule has 0 N–H and O–H groups in total. The van der Waals surface area contributed by atoms with Crippen LogP contribution in [0.15, 0.2) is 24.3 Å². The fraction of sp³-hybridized carbons (Fsp3) is 0.647. The molecule has 1 aliphatic heterocycles. The van der Waals surface area contributed by atoms with E-state index in [4.69, 9.17) is 0 Å². The summed E-state index contributed by atoms with van der Waals surface area (Å²) in [6.07, 6.45) is 2.76. The van der Waals surface area contributed by atoms with E-state index in [0.717, 1.165) is 6.54 Å². The van der Waals surface area contributed by atoms with E-state index in [1.165, 1.54) is 41.6 Å². The van der Waals surface area contributed by atoms with Crippen LogP contribution in [-0.4, -0.2) is 42.5 Å². The van der Waals surface area contributed by atoms with Crippen LogP contribution in [0, 0.1) is 9.49 Å². The van der Waals surface area contributed by atoms with Gasteiger partial charge in [-0.2, -0.15) is 0 Å². The Kier molecular flexibility index (Phi) is 6.30. The second kappa shape index (κ2) is 7.76. The predicted molar refractivity (Wildman–Crippen MR) is 94.9 cm³/mol. The van der Waals surface area contributed by atoms with Crippen molar-refractivity contribution in [2.75, 3.05) is 26.7 Å². The van der Waals surface area contributed by atoms with Crippen molar-refractivity contribution in [3.05, 3.63) is 33.4 Å². The van der Waals surface area contributed by atoms with Crippen LogP contribution in [-0.2, 0) is 6.54 Å². The highest BCUT2D eigenvalue weighted by atomic mass is 127. The molecule has 2 rings (SSSR count). The summed E-state index contributed by atoms with van der Waals surface area (Å²) in [5, 5.41) is 0. The van der Waals surface area contributed by atoms with Crippen molar-refractivity contribution in [3.63, 3.8) is 0 Å². The maximum atomic E-state index is 2.63. The Balaban J connectivity index is 1.95. The van der Waals surface area contributed by atoms with Gasteiger partial charge in [0.2, 0.25) is 0 Å². The lowest BCUT2D eigenvalue weighted by atomic mass is 10.0. The van der Waals surface area contributed by atoms with Crippen molar-refractivity contribution in [1.82, 2.24) is 9.80 Å². The van der Waals surface area contributed by atoms with Crippen molar-refractivity contribution in [3.8, 4) is 0 Å². The Hall–Kier alpha value is -0.130. The second-order valence-corrected chi connectivity index (χ2v) is 7.61. The maximum Gasteiger partial charge on any atom is 0.0246 e. The van der Waals surface area contributed by atoms with E-state index in [9.17, 15) is 0 Å². The van der Waals surface area contributed by atoms with Crippen LogP contribution in [0.5, 0.6) is 0 Å². The summed E-state index contributed by atoms with van der Waals surface area (Å²) in [5.74, 6) is 0.699. The summed E-state index contributed by atoms with van der Waals surface area (Å²) in [6.45, 7) is 9.56. The van der Waals surface area contributed by atoms with Crippen molar-refractivity contribution in [2.45, 2.75) is 39.3 Å². The molecule has 112 valence electrons. The molecule has 0 radical (unpaired) electrons. The first-order chi connectivity index (χ1) is 9.56. The molecular formula is C17H27IN2. The van der Waals surface area contributed by atoms with E-state index < -0.39 is 0 Å². The molecule has 1 fully saturated rings. The summed E-state index contributed by atoms with van der Waals surface area (Å²) in [7, 11) is 2.28. The Bertz CT molecular complexity index is 396. The number of hydrogen-bond acceptors (Lipinski definition) is 2. The smallest absolute Gasteiger partial charge is 0.0246 e. The van der Waals surface area contributed by atoms with Crippen molar-refractivity contribution in [1.29, 1.82) is 0 Å². The second-order valence-electron chi connectivity index (χ2n) is 6.36. The molecule has 0 spiro atoms. The molecule has 0 bridgehead atoms. The minimum atomic E-state index is 0.646. The van der Waals surface area contributed by atoms with E-state index in [-0.39, 0.29) is 0 Å². The average Bonchev–Trinajstić information content (AvgIpc) is 2.91. The van der Waals surface area contributed by atoms with Gasteiger partial charge in [0.05, 0.1) is 0 Å². The molecule has 3 heteroatoms. The third-order valence-electron chi connectivity index (χ3n) is 4.32. The van der Waals surface area contributed by atoms with Crippen LogP contribution in [0.4, 0.5) is 0 Å². The summed E-state index contributed by atoms with van der Waals surface area (Å²) in [5.41, 5.74) is 1.42. The third kappa shape index (κ3) is 4.71. The first-order valence-corrected chi connectivity index (χ1v) is 8.81. The third-order valence-corrected chi connectivity index (χ3v) is 5.04. The van der Waals surface area contributed by atoms with E-state index >= 15 is 0 Å². The molecule has 0 saturated carbocycles. The van der Waals surface area contributed by atoms with Gasteiger partial charge in [-0.3, -0.25) is 4.90 Å². The first kappa shape index (κ1) is 16.2. The van der Waals surface area contributed by atoms with E-state index in [0.29, 0.717) is 12.0 Å². The SMILES string of the molecule is CC(C)[C@@H](CN1CCCC1)N(C)Cc1ccc(I)cc1. The highest BCUT2D eigenvalue weighted by Gasteiger charge is 2.23. The molecule has 1 saturated heterocycles. The quantitative estimate of drug-likeness (QED) is 0.686. The highest BCUT2D eigenvalue weighted by Crippen LogP contribution is 2.18. The predicted octanol–water partition coefficient (Wildman–Crippen LogP) is 3.84. The molecule has 1 atom stereocenters. The minimum absolute atomic E-state index is 0.646. The standard InChI is InChI=1S/C17H27IN2/c1-14(2)17(13-20-10-4-5-11-20)19(3)12-15-6-8-16(18)9-7-15/h6-9,14,17H,4-5,10-13H2,1-3H3/t17-/m1/s1. The zero-order valence-electron chi connectivity index (χ0n) is 13.0. The van der Waals surface area contributed by atoms with Gasteiger partial charge in [0, 0.05) is 22.7 Å². The Morgan fingerprint density at radius 1 is 1.15 bits per heavy atom. The van der Waals surface area contributed by atoms with Crippen LogP contribution < -0.4 is 0 Å². The van der Waals surface area contributed by atoms with Crippen molar-refractivity contribution in [2.24, 2.45) is 5.92 Å². The molecule has 0 aromatic heterocycles. The van der Waals surface area contributed by atoms with Crippen LogP contribution in [0.25, 0.3) is 0 Å². The number of nitrogens with zero attached hydrogens (tertiary/aromatic N) is 2. The number of halogens is 1. The molecule has 0 aliphatic carbocycles. The van der Waals surface area contributed by atoms with Gasteiger partial charge in [0.15, 0.2) is 0 Å². The lowest BCUT2D eigenvalue weighted by Gasteiger charge is -2.34. The van der Waals surface area contributed by atoms with E-state index in [1.54, 1.807) is 0 Å². The highest BCUT2D eigenvalue weighted by molar-refractivity contribution is 14.1. The first-order valence-electron chi connectivity index (χ1n) is 7.73. The number of likely N-dealkylation sites (N-methyl/N-ethyl adjacent to an activating group) is 1.